The Morgan fingerprint density at radius 2 is 1.80 bits per heavy atom. The number of nitrogens with zero attached hydrogens (tertiary/aromatic N) is 2. The van der Waals surface area contributed by atoms with Gasteiger partial charge in [-0.15, -0.1) is 0 Å². The molecule has 0 radical (unpaired) electrons. The summed E-state index contributed by atoms with van der Waals surface area (Å²) >= 11 is 0. The van der Waals surface area contributed by atoms with Gasteiger partial charge in [0, 0.05) is 39.6 Å². The summed E-state index contributed by atoms with van der Waals surface area (Å²) in [6, 6.07) is 6.99. The molecule has 0 aliphatic carbocycles. The number of rotatable bonds is 3. The van der Waals surface area contributed by atoms with Crippen LogP contribution in [0.1, 0.15) is 29.3 Å². The molecule has 2 rings (SSSR count). The van der Waals surface area contributed by atoms with Gasteiger partial charge in [0.15, 0.2) is 0 Å². The van der Waals surface area contributed by atoms with Crippen LogP contribution in [0.4, 0.5) is 0 Å². The second-order valence-corrected chi connectivity index (χ2v) is 5.14. The summed E-state index contributed by atoms with van der Waals surface area (Å²) < 4.78 is 0. The molecule has 1 aliphatic rings. The monoisotopic (exact) mass is 276 g/mol. The maximum Gasteiger partial charge on any atom is 0.335 e. The summed E-state index contributed by atoms with van der Waals surface area (Å²) in [5, 5.41) is 8.87. The SMILES string of the molecule is CC(=O)N1CCCN(Cc2ccc(C(=O)O)cc2)CC1. The molecule has 5 heteroatoms. The van der Waals surface area contributed by atoms with Crippen molar-refractivity contribution in [3.8, 4) is 0 Å². The number of amides is 1. The van der Waals surface area contributed by atoms with Gasteiger partial charge < -0.3 is 10.0 Å². The fraction of sp³-hybridized carbons (Fsp3) is 0.467. The van der Waals surface area contributed by atoms with Gasteiger partial charge in [0.05, 0.1) is 5.56 Å². The van der Waals surface area contributed by atoms with E-state index in [1.807, 2.05) is 17.0 Å². The second-order valence-electron chi connectivity index (χ2n) is 5.14. The summed E-state index contributed by atoms with van der Waals surface area (Å²) in [7, 11) is 0. The lowest BCUT2D eigenvalue weighted by molar-refractivity contribution is -0.128. The van der Waals surface area contributed by atoms with Crippen LogP contribution in [0.2, 0.25) is 0 Å². The average molecular weight is 276 g/mol. The number of carbonyl (C=O) groups is 2. The van der Waals surface area contributed by atoms with Crippen molar-refractivity contribution in [2.24, 2.45) is 0 Å². The molecule has 1 N–H and O–H groups in total. The van der Waals surface area contributed by atoms with E-state index in [9.17, 15) is 9.59 Å². The van der Waals surface area contributed by atoms with E-state index in [2.05, 4.69) is 4.90 Å². The number of carbonyl (C=O) groups excluding carboxylic acids is 1. The molecule has 108 valence electrons. The zero-order valence-corrected chi connectivity index (χ0v) is 11.7. The highest BCUT2D eigenvalue weighted by Gasteiger charge is 2.16. The zero-order valence-electron chi connectivity index (χ0n) is 11.7. The standard InChI is InChI=1S/C15H20N2O3/c1-12(18)17-8-2-7-16(9-10-17)11-13-3-5-14(6-4-13)15(19)20/h3-6H,2,7-11H2,1H3,(H,19,20). The van der Waals surface area contributed by atoms with Crippen LogP contribution < -0.4 is 0 Å². The Morgan fingerprint density at radius 1 is 1.10 bits per heavy atom. The highest BCUT2D eigenvalue weighted by Crippen LogP contribution is 2.10. The molecular weight excluding hydrogens is 256 g/mol. The lowest BCUT2D eigenvalue weighted by Gasteiger charge is -2.21. The number of hydrogen-bond donors (Lipinski definition) is 1. The predicted octanol–water partition coefficient (Wildman–Crippen LogP) is 1.44. The number of benzene rings is 1. The lowest BCUT2D eigenvalue weighted by Crippen LogP contribution is -2.33. The van der Waals surface area contributed by atoms with Gasteiger partial charge in [-0.25, -0.2) is 4.79 Å². The summed E-state index contributed by atoms with van der Waals surface area (Å²) in [6.45, 7) is 5.82. The highest BCUT2D eigenvalue weighted by atomic mass is 16.4. The van der Waals surface area contributed by atoms with Gasteiger partial charge >= 0.3 is 5.97 Å². The van der Waals surface area contributed by atoms with Crippen molar-refractivity contribution in [3.05, 3.63) is 35.4 Å². The second kappa shape index (κ2) is 6.52. The number of carboxylic acids is 1. The van der Waals surface area contributed by atoms with Gasteiger partial charge in [-0.1, -0.05) is 12.1 Å². The first-order valence-electron chi connectivity index (χ1n) is 6.86. The molecule has 1 aromatic carbocycles. The van der Waals surface area contributed by atoms with Crippen molar-refractivity contribution < 1.29 is 14.7 Å². The molecule has 0 aromatic heterocycles. The van der Waals surface area contributed by atoms with Crippen LogP contribution in [0.15, 0.2) is 24.3 Å². The lowest BCUT2D eigenvalue weighted by atomic mass is 10.1. The Balaban J connectivity index is 1.93. The third-order valence-electron chi connectivity index (χ3n) is 3.64. The molecule has 1 fully saturated rings. The molecular formula is C15H20N2O3. The minimum Gasteiger partial charge on any atom is -0.478 e. The number of hydrogen-bond acceptors (Lipinski definition) is 3. The highest BCUT2D eigenvalue weighted by molar-refractivity contribution is 5.87. The minimum absolute atomic E-state index is 0.137. The summed E-state index contributed by atoms with van der Waals surface area (Å²) in [6.07, 6.45) is 0.979. The Morgan fingerprint density at radius 3 is 2.40 bits per heavy atom. The minimum atomic E-state index is -0.900. The Hall–Kier alpha value is -1.88. The van der Waals surface area contributed by atoms with Crippen LogP contribution in [0.25, 0.3) is 0 Å². The van der Waals surface area contributed by atoms with Crippen molar-refractivity contribution in [3.63, 3.8) is 0 Å². The fourth-order valence-corrected chi connectivity index (χ4v) is 2.45. The van der Waals surface area contributed by atoms with E-state index in [1.54, 1.807) is 19.1 Å². The van der Waals surface area contributed by atoms with Crippen LogP contribution in [0, 0.1) is 0 Å². The third-order valence-corrected chi connectivity index (χ3v) is 3.64. The molecule has 1 aliphatic heterocycles. The summed E-state index contributed by atoms with van der Waals surface area (Å²) in [4.78, 5) is 26.4. The van der Waals surface area contributed by atoms with Crippen LogP contribution in [-0.4, -0.2) is 53.0 Å². The Bertz CT molecular complexity index is 484. The molecule has 1 amide bonds. The first-order chi connectivity index (χ1) is 9.56. The summed E-state index contributed by atoms with van der Waals surface area (Å²) in [5.74, 6) is -0.763. The van der Waals surface area contributed by atoms with Crippen molar-refractivity contribution in [1.82, 2.24) is 9.80 Å². The molecule has 0 spiro atoms. The van der Waals surface area contributed by atoms with E-state index >= 15 is 0 Å². The van der Waals surface area contributed by atoms with E-state index in [4.69, 9.17) is 5.11 Å². The van der Waals surface area contributed by atoms with Gasteiger partial charge in [0.25, 0.3) is 0 Å². The van der Waals surface area contributed by atoms with Crippen molar-refractivity contribution in [2.75, 3.05) is 26.2 Å². The number of aromatic carboxylic acids is 1. The van der Waals surface area contributed by atoms with Gasteiger partial charge in [0.1, 0.15) is 0 Å². The molecule has 0 unspecified atom stereocenters. The van der Waals surface area contributed by atoms with Gasteiger partial charge in [-0.2, -0.15) is 0 Å². The van der Waals surface area contributed by atoms with Gasteiger partial charge in [-0.05, 0) is 24.1 Å². The molecule has 1 saturated heterocycles. The Labute approximate surface area is 118 Å². The van der Waals surface area contributed by atoms with Crippen LogP contribution in [0.3, 0.4) is 0 Å². The smallest absolute Gasteiger partial charge is 0.335 e. The molecule has 0 atom stereocenters. The van der Waals surface area contributed by atoms with E-state index in [0.29, 0.717) is 5.56 Å². The van der Waals surface area contributed by atoms with Crippen molar-refractivity contribution in [1.29, 1.82) is 0 Å². The van der Waals surface area contributed by atoms with Crippen LogP contribution >= 0.6 is 0 Å². The third kappa shape index (κ3) is 3.81. The number of carboxylic acid groups (broad SMARTS) is 1. The maximum atomic E-state index is 11.4. The van der Waals surface area contributed by atoms with E-state index < -0.39 is 5.97 Å². The first kappa shape index (κ1) is 14.5. The zero-order chi connectivity index (χ0) is 14.5. The molecule has 1 heterocycles. The van der Waals surface area contributed by atoms with Gasteiger partial charge in [-0.3, -0.25) is 9.69 Å². The topological polar surface area (TPSA) is 60.9 Å². The average Bonchev–Trinajstić information content (AvgIpc) is 2.65. The quantitative estimate of drug-likeness (QED) is 0.907. The summed E-state index contributed by atoms with van der Waals surface area (Å²) in [5.41, 5.74) is 1.42. The van der Waals surface area contributed by atoms with Crippen molar-refractivity contribution >= 4 is 11.9 Å². The van der Waals surface area contributed by atoms with Gasteiger partial charge in [0.2, 0.25) is 5.91 Å². The maximum absolute atomic E-state index is 11.4. The molecule has 0 bridgehead atoms. The Kier molecular flexibility index (Phi) is 4.74. The van der Waals surface area contributed by atoms with Crippen molar-refractivity contribution in [2.45, 2.75) is 19.9 Å². The molecule has 5 nitrogen and oxygen atoms in total. The van der Waals surface area contributed by atoms with E-state index in [-0.39, 0.29) is 5.91 Å². The fourth-order valence-electron chi connectivity index (χ4n) is 2.45. The molecule has 0 saturated carbocycles. The molecule has 1 aromatic rings. The first-order valence-corrected chi connectivity index (χ1v) is 6.86. The van der Waals surface area contributed by atoms with Crippen LogP contribution in [-0.2, 0) is 11.3 Å². The largest absolute Gasteiger partial charge is 0.478 e. The van der Waals surface area contributed by atoms with Crippen LogP contribution in [0.5, 0.6) is 0 Å². The normalized spacial score (nSPS) is 16.8. The molecule has 20 heavy (non-hydrogen) atoms. The predicted molar refractivity (Wildman–Crippen MR) is 75.5 cm³/mol. The van der Waals surface area contributed by atoms with E-state index in [0.717, 1.165) is 44.7 Å². The van der Waals surface area contributed by atoms with E-state index in [1.165, 1.54) is 0 Å².